The Morgan fingerprint density at radius 2 is 1.81 bits per heavy atom. The third kappa shape index (κ3) is 9.73. The SMILES string of the molecule is CCNC(=NCC(CC)(CC)CCO)NCCOCc1ccccc1.I. The minimum absolute atomic E-state index is 0. The molecule has 0 amide bonds. The zero-order valence-corrected chi connectivity index (χ0v) is 18.8. The average molecular weight is 477 g/mol. The van der Waals surface area contributed by atoms with Gasteiger partial charge in [-0.25, -0.2) is 0 Å². The van der Waals surface area contributed by atoms with Crippen LogP contribution in [0.3, 0.4) is 0 Å². The van der Waals surface area contributed by atoms with Crippen molar-refractivity contribution in [3.05, 3.63) is 35.9 Å². The quantitative estimate of drug-likeness (QED) is 0.187. The van der Waals surface area contributed by atoms with Crippen molar-refractivity contribution in [3.63, 3.8) is 0 Å². The molecule has 0 radical (unpaired) electrons. The Balaban J connectivity index is 0.00000625. The average Bonchev–Trinajstić information content (AvgIpc) is 2.65. The van der Waals surface area contributed by atoms with Gasteiger partial charge in [-0.2, -0.15) is 0 Å². The molecule has 1 aromatic carbocycles. The van der Waals surface area contributed by atoms with Gasteiger partial charge in [-0.15, -0.1) is 24.0 Å². The third-order valence-corrected chi connectivity index (χ3v) is 4.71. The molecule has 5 nitrogen and oxygen atoms in total. The molecule has 6 heteroatoms. The molecule has 0 aliphatic carbocycles. The van der Waals surface area contributed by atoms with Gasteiger partial charge in [0.1, 0.15) is 0 Å². The molecule has 0 aliphatic heterocycles. The molecule has 0 fully saturated rings. The van der Waals surface area contributed by atoms with Crippen LogP contribution in [-0.2, 0) is 11.3 Å². The van der Waals surface area contributed by atoms with E-state index in [1.165, 1.54) is 5.56 Å². The topological polar surface area (TPSA) is 65.9 Å². The monoisotopic (exact) mass is 477 g/mol. The van der Waals surface area contributed by atoms with E-state index >= 15 is 0 Å². The van der Waals surface area contributed by atoms with Crippen molar-refractivity contribution in [3.8, 4) is 0 Å². The van der Waals surface area contributed by atoms with E-state index < -0.39 is 0 Å². The van der Waals surface area contributed by atoms with Gasteiger partial charge >= 0.3 is 0 Å². The molecule has 0 aliphatic rings. The zero-order chi connectivity index (χ0) is 18.4. The Morgan fingerprint density at radius 3 is 2.38 bits per heavy atom. The lowest BCUT2D eigenvalue weighted by Crippen LogP contribution is -2.40. The summed E-state index contributed by atoms with van der Waals surface area (Å²) in [5, 5.41) is 15.9. The van der Waals surface area contributed by atoms with Crippen molar-refractivity contribution in [2.45, 2.75) is 46.6 Å². The van der Waals surface area contributed by atoms with Crippen LogP contribution in [0.15, 0.2) is 35.3 Å². The standard InChI is InChI=1S/C20H35N3O2.HI/c1-4-20(5-2,12-14-24)17-23-19(21-6-3)22-13-15-25-16-18-10-8-7-9-11-18;/h7-11,24H,4-6,12-17H2,1-3H3,(H2,21,22,23);1H. The number of benzene rings is 1. The summed E-state index contributed by atoms with van der Waals surface area (Å²) in [5.41, 5.74) is 1.27. The minimum Gasteiger partial charge on any atom is -0.396 e. The van der Waals surface area contributed by atoms with Crippen LogP contribution < -0.4 is 10.6 Å². The van der Waals surface area contributed by atoms with Gasteiger partial charge in [-0.05, 0) is 37.2 Å². The number of nitrogens with one attached hydrogen (secondary N) is 2. The fraction of sp³-hybridized carbons (Fsp3) is 0.650. The number of aliphatic imine (C=N–C) groups is 1. The van der Waals surface area contributed by atoms with Crippen LogP contribution in [0, 0.1) is 5.41 Å². The lowest BCUT2D eigenvalue weighted by atomic mass is 9.79. The summed E-state index contributed by atoms with van der Waals surface area (Å²) in [7, 11) is 0. The van der Waals surface area contributed by atoms with Gasteiger partial charge in [0.05, 0.1) is 13.2 Å². The maximum atomic E-state index is 9.33. The Morgan fingerprint density at radius 1 is 1.12 bits per heavy atom. The molecule has 26 heavy (non-hydrogen) atoms. The third-order valence-electron chi connectivity index (χ3n) is 4.71. The molecule has 0 aromatic heterocycles. The number of hydrogen-bond donors (Lipinski definition) is 3. The van der Waals surface area contributed by atoms with E-state index in [-0.39, 0.29) is 36.0 Å². The van der Waals surface area contributed by atoms with Gasteiger partial charge in [0.25, 0.3) is 0 Å². The molecule has 0 unspecified atom stereocenters. The summed E-state index contributed by atoms with van der Waals surface area (Å²) >= 11 is 0. The molecule has 0 saturated heterocycles. The smallest absolute Gasteiger partial charge is 0.191 e. The second kappa shape index (κ2) is 15.2. The van der Waals surface area contributed by atoms with Crippen molar-refractivity contribution in [1.82, 2.24) is 10.6 Å². The molecule has 0 bridgehead atoms. The summed E-state index contributed by atoms with van der Waals surface area (Å²) in [6.07, 6.45) is 2.84. The molecule has 150 valence electrons. The number of hydrogen-bond acceptors (Lipinski definition) is 3. The number of nitrogens with zero attached hydrogens (tertiary/aromatic N) is 1. The Labute approximate surface area is 176 Å². The van der Waals surface area contributed by atoms with E-state index in [0.717, 1.165) is 38.3 Å². The summed E-state index contributed by atoms with van der Waals surface area (Å²) in [4.78, 5) is 4.73. The van der Waals surface area contributed by atoms with Crippen LogP contribution in [0.25, 0.3) is 0 Å². The van der Waals surface area contributed by atoms with Crippen molar-refractivity contribution >= 4 is 29.9 Å². The van der Waals surface area contributed by atoms with Crippen LogP contribution >= 0.6 is 24.0 Å². The second-order valence-corrected chi connectivity index (χ2v) is 6.34. The highest BCUT2D eigenvalue weighted by atomic mass is 127. The van der Waals surface area contributed by atoms with Gasteiger partial charge in [-0.3, -0.25) is 4.99 Å². The minimum atomic E-state index is 0. The highest BCUT2D eigenvalue weighted by Gasteiger charge is 2.25. The van der Waals surface area contributed by atoms with Gasteiger partial charge in [-0.1, -0.05) is 44.2 Å². The summed E-state index contributed by atoms with van der Waals surface area (Å²) in [5.74, 6) is 0.815. The van der Waals surface area contributed by atoms with Gasteiger partial charge < -0.3 is 20.5 Å². The molecule has 0 spiro atoms. The number of aliphatic hydroxyl groups excluding tert-OH is 1. The highest BCUT2D eigenvalue weighted by molar-refractivity contribution is 14.0. The van der Waals surface area contributed by atoms with E-state index in [0.29, 0.717) is 19.8 Å². The van der Waals surface area contributed by atoms with E-state index in [2.05, 4.69) is 43.5 Å². The van der Waals surface area contributed by atoms with Crippen molar-refractivity contribution < 1.29 is 9.84 Å². The molecular formula is C20H36IN3O2. The first-order chi connectivity index (χ1) is 12.2. The predicted molar refractivity (Wildman–Crippen MR) is 120 cm³/mol. The zero-order valence-electron chi connectivity index (χ0n) is 16.5. The Hall–Kier alpha value is -0.860. The summed E-state index contributed by atoms with van der Waals surface area (Å²) in [6.45, 7) is 10.1. The molecule has 0 heterocycles. The second-order valence-electron chi connectivity index (χ2n) is 6.34. The van der Waals surface area contributed by atoms with Crippen LogP contribution in [0.1, 0.15) is 45.6 Å². The summed E-state index contributed by atoms with van der Waals surface area (Å²) < 4.78 is 5.70. The Bertz CT molecular complexity index is 479. The van der Waals surface area contributed by atoms with Crippen LogP contribution in [-0.4, -0.2) is 43.9 Å². The molecule has 0 atom stereocenters. The van der Waals surface area contributed by atoms with E-state index in [1.54, 1.807) is 0 Å². The van der Waals surface area contributed by atoms with E-state index in [4.69, 9.17) is 9.73 Å². The van der Waals surface area contributed by atoms with Crippen LogP contribution in [0.5, 0.6) is 0 Å². The molecule has 1 rings (SSSR count). The first kappa shape index (κ1) is 25.1. The van der Waals surface area contributed by atoms with Crippen LogP contribution in [0.4, 0.5) is 0 Å². The molecule has 3 N–H and O–H groups in total. The first-order valence-corrected chi connectivity index (χ1v) is 9.44. The van der Waals surface area contributed by atoms with E-state index in [1.807, 2.05) is 18.2 Å². The summed E-state index contributed by atoms with van der Waals surface area (Å²) in [6, 6.07) is 10.2. The van der Waals surface area contributed by atoms with Crippen molar-refractivity contribution in [2.24, 2.45) is 10.4 Å². The molecule has 1 aromatic rings. The lowest BCUT2D eigenvalue weighted by molar-refractivity contribution is 0.125. The highest BCUT2D eigenvalue weighted by Crippen LogP contribution is 2.30. The number of guanidine groups is 1. The van der Waals surface area contributed by atoms with Gasteiger partial charge in [0.15, 0.2) is 5.96 Å². The maximum Gasteiger partial charge on any atom is 0.191 e. The fourth-order valence-electron chi connectivity index (χ4n) is 2.74. The predicted octanol–water partition coefficient (Wildman–Crippen LogP) is 3.57. The number of halogens is 1. The molecule has 0 saturated carbocycles. The van der Waals surface area contributed by atoms with Crippen molar-refractivity contribution in [2.75, 3.05) is 32.8 Å². The van der Waals surface area contributed by atoms with Gasteiger partial charge in [0.2, 0.25) is 0 Å². The lowest BCUT2D eigenvalue weighted by Gasteiger charge is -2.29. The fourth-order valence-corrected chi connectivity index (χ4v) is 2.74. The number of rotatable bonds is 12. The Kier molecular flexibility index (Phi) is 14.7. The van der Waals surface area contributed by atoms with Crippen LogP contribution in [0.2, 0.25) is 0 Å². The normalized spacial score (nSPS) is 11.8. The van der Waals surface area contributed by atoms with Gasteiger partial charge in [0, 0.05) is 26.2 Å². The maximum absolute atomic E-state index is 9.33. The largest absolute Gasteiger partial charge is 0.396 e. The molecular weight excluding hydrogens is 441 g/mol. The number of ether oxygens (including phenoxy) is 1. The van der Waals surface area contributed by atoms with Crippen molar-refractivity contribution in [1.29, 1.82) is 0 Å². The number of aliphatic hydroxyl groups is 1. The first-order valence-electron chi connectivity index (χ1n) is 9.44. The van der Waals surface area contributed by atoms with E-state index in [9.17, 15) is 5.11 Å².